The SMILES string of the molecule is NS(=O)(=O)c1ccc(-c2nc(S(=O)(=O)c3cccc(F)c3)sc2-c2ccc(F)cc2)cc1. The number of sulfone groups is 1. The number of primary sulfonamides is 1. The van der Waals surface area contributed by atoms with Crippen LogP contribution in [0.15, 0.2) is 86.9 Å². The van der Waals surface area contributed by atoms with Crippen LogP contribution in [0.4, 0.5) is 8.78 Å². The number of thiazole rings is 1. The smallest absolute Gasteiger partial charge is 0.225 e. The third-order valence-corrected chi connectivity index (χ3v) is 8.67. The van der Waals surface area contributed by atoms with Crippen molar-refractivity contribution in [1.82, 2.24) is 4.98 Å². The summed E-state index contributed by atoms with van der Waals surface area (Å²) in [6, 6.07) is 15.4. The average molecular weight is 493 g/mol. The first-order valence-electron chi connectivity index (χ1n) is 8.96. The molecule has 4 aromatic rings. The van der Waals surface area contributed by atoms with Crippen LogP contribution in [0.1, 0.15) is 0 Å². The summed E-state index contributed by atoms with van der Waals surface area (Å²) in [5.41, 5.74) is 1.18. The lowest BCUT2D eigenvalue weighted by Crippen LogP contribution is -2.11. The van der Waals surface area contributed by atoms with Crippen LogP contribution in [-0.2, 0) is 19.9 Å². The third-order valence-electron chi connectivity index (χ3n) is 4.51. The molecule has 0 unspecified atom stereocenters. The maximum absolute atomic E-state index is 13.6. The first-order chi connectivity index (χ1) is 15.1. The molecular formula is C21H14F2N2O4S3. The predicted molar refractivity (Wildman–Crippen MR) is 116 cm³/mol. The lowest BCUT2D eigenvalue weighted by molar-refractivity contribution is 0.590. The summed E-state index contributed by atoms with van der Waals surface area (Å²) in [6.45, 7) is 0. The van der Waals surface area contributed by atoms with Gasteiger partial charge in [0.25, 0.3) is 0 Å². The number of benzene rings is 3. The van der Waals surface area contributed by atoms with Crippen LogP contribution in [-0.4, -0.2) is 21.8 Å². The highest BCUT2D eigenvalue weighted by atomic mass is 32.2. The van der Waals surface area contributed by atoms with Crippen molar-refractivity contribution in [3.63, 3.8) is 0 Å². The molecule has 2 N–H and O–H groups in total. The number of aromatic nitrogens is 1. The van der Waals surface area contributed by atoms with E-state index in [0.717, 1.165) is 23.5 Å². The average Bonchev–Trinajstić information content (AvgIpc) is 3.20. The summed E-state index contributed by atoms with van der Waals surface area (Å²) >= 11 is 0.844. The Hall–Kier alpha value is -2.99. The molecule has 0 atom stereocenters. The molecule has 0 spiro atoms. The highest BCUT2D eigenvalue weighted by Crippen LogP contribution is 2.40. The Morgan fingerprint density at radius 2 is 1.38 bits per heavy atom. The van der Waals surface area contributed by atoms with Crippen LogP contribution in [0.25, 0.3) is 21.7 Å². The molecule has 4 rings (SSSR count). The first kappa shape index (κ1) is 22.2. The van der Waals surface area contributed by atoms with E-state index in [4.69, 9.17) is 5.14 Å². The van der Waals surface area contributed by atoms with E-state index in [1.807, 2.05) is 0 Å². The Bertz CT molecular complexity index is 1510. The van der Waals surface area contributed by atoms with E-state index in [0.29, 0.717) is 16.0 Å². The summed E-state index contributed by atoms with van der Waals surface area (Å²) in [5.74, 6) is -1.18. The fourth-order valence-electron chi connectivity index (χ4n) is 2.95. The number of sulfonamides is 1. The van der Waals surface area contributed by atoms with Gasteiger partial charge in [-0.15, -0.1) is 11.3 Å². The van der Waals surface area contributed by atoms with Gasteiger partial charge >= 0.3 is 0 Å². The Labute approximate surface area is 187 Å². The van der Waals surface area contributed by atoms with Gasteiger partial charge in [-0.05, 0) is 48.0 Å². The molecule has 3 aromatic carbocycles. The van der Waals surface area contributed by atoms with Crippen LogP contribution in [0, 0.1) is 11.6 Å². The summed E-state index contributed by atoms with van der Waals surface area (Å²) in [5, 5.41) is 5.13. The van der Waals surface area contributed by atoms with Gasteiger partial charge in [0.05, 0.1) is 20.4 Å². The van der Waals surface area contributed by atoms with Crippen LogP contribution in [0.5, 0.6) is 0 Å². The van der Waals surface area contributed by atoms with E-state index in [2.05, 4.69) is 4.98 Å². The van der Waals surface area contributed by atoms with Crippen LogP contribution < -0.4 is 5.14 Å². The van der Waals surface area contributed by atoms with Gasteiger partial charge in [-0.1, -0.05) is 30.3 Å². The van der Waals surface area contributed by atoms with Crippen LogP contribution in [0.3, 0.4) is 0 Å². The Kier molecular flexibility index (Phi) is 5.67. The quantitative estimate of drug-likeness (QED) is 0.449. The second-order valence-electron chi connectivity index (χ2n) is 6.69. The molecule has 1 heterocycles. The van der Waals surface area contributed by atoms with Gasteiger partial charge in [0.2, 0.25) is 24.2 Å². The van der Waals surface area contributed by atoms with Gasteiger partial charge in [-0.2, -0.15) is 0 Å². The molecule has 0 aliphatic rings. The van der Waals surface area contributed by atoms with Crippen molar-refractivity contribution in [2.75, 3.05) is 0 Å². The maximum atomic E-state index is 13.6. The molecule has 0 saturated heterocycles. The van der Waals surface area contributed by atoms with Gasteiger partial charge in [0.15, 0.2) is 0 Å². The number of nitrogens with zero attached hydrogens (tertiary/aromatic N) is 1. The monoisotopic (exact) mass is 492 g/mol. The number of nitrogens with two attached hydrogens (primary N) is 1. The molecule has 11 heteroatoms. The summed E-state index contributed by atoms with van der Waals surface area (Å²) in [6.07, 6.45) is 0. The van der Waals surface area contributed by atoms with E-state index >= 15 is 0 Å². The van der Waals surface area contributed by atoms with E-state index in [1.165, 1.54) is 60.7 Å². The Morgan fingerprint density at radius 1 is 0.750 bits per heavy atom. The lowest BCUT2D eigenvalue weighted by atomic mass is 10.1. The molecule has 0 amide bonds. The zero-order chi connectivity index (χ0) is 23.1. The van der Waals surface area contributed by atoms with Crippen LogP contribution >= 0.6 is 11.3 Å². The van der Waals surface area contributed by atoms with Crippen LogP contribution in [0.2, 0.25) is 0 Å². The standard InChI is InChI=1S/C21H14F2N2O4S3/c22-15-8-4-14(5-9-15)20-19(13-6-10-17(11-7-13)32(24,28)29)25-21(30-20)31(26,27)18-3-1-2-16(23)12-18/h1-12H,(H2,24,28,29). The second kappa shape index (κ2) is 8.17. The summed E-state index contributed by atoms with van der Waals surface area (Å²) in [7, 11) is -8.06. The number of hydrogen-bond donors (Lipinski definition) is 1. The molecule has 0 radical (unpaired) electrons. The number of halogens is 2. The normalized spacial score (nSPS) is 12.1. The fourth-order valence-corrected chi connectivity index (χ4v) is 6.20. The lowest BCUT2D eigenvalue weighted by Gasteiger charge is -2.04. The van der Waals surface area contributed by atoms with Gasteiger partial charge in [0.1, 0.15) is 11.6 Å². The molecule has 32 heavy (non-hydrogen) atoms. The van der Waals surface area contributed by atoms with Crippen molar-refractivity contribution in [3.8, 4) is 21.7 Å². The van der Waals surface area contributed by atoms with Crippen molar-refractivity contribution in [3.05, 3.63) is 84.4 Å². The summed E-state index contributed by atoms with van der Waals surface area (Å²) < 4.78 is 76.0. The highest BCUT2D eigenvalue weighted by Gasteiger charge is 2.26. The first-order valence-corrected chi connectivity index (χ1v) is 12.8. The zero-order valence-corrected chi connectivity index (χ0v) is 18.5. The van der Waals surface area contributed by atoms with Gasteiger partial charge < -0.3 is 0 Å². The minimum atomic E-state index is -4.14. The molecule has 0 aliphatic heterocycles. The maximum Gasteiger partial charge on any atom is 0.238 e. The predicted octanol–water partition coefficient (Wildman–Crippen LogP) is 4.24. The van der Waals surface area contributed by atoms with Crippen molar-refractivity contribution >= 4 is 31.2 Å². The molecule has 0 bridgehead atoms. The van der Waals surface area contributed by atoms with E-state index in [1.54, 1.807) is 0 Å². The van der Waals surface area contributed by atoms with E-state index < -0.39 is 31.5 Å². The molecule has 0 saturated carbocycles. The topological polar surface area (TPSA) is 107 Å². The fraction of sp³-hybridized carbons (Fsp3) is 0. The van der Waals surface area contributed by atoms with Gasteiger partial charge in [-0.3, -0.25) is 0 Å². The van der Waals surface area contributed by atoms with Crippen molar-refractivity contribution in [1.29, 1.82) is 0 Å². The minimum Gasteiger partial charge on any atom is -0.225 e. The van der Waals surface area contributed by atoms with Crippen molar-refractivity contribution < 1.29 is 25.6 Å². The Morgan fingerprint density at radius 3 is 1.97 bits per heavy atom. The van der Waals surface area contributed by atoms with Gasteiger partial charge in [0, 0.05) is 5.56 Å². The highest BCUT2D eigenvalue weighted by molar-refractivity contribution is 7.93. The zero-order valence-electron chi connectivity index (χ0n) is 16.1. The van der Waals surface area contributed by atoms with Crippen molar-refractivity contribution in [2.24, 2.45) is 5.14 Å². The molecule has 6 nitrogen and oxygen atoms in total. The second-order valence-corrected chi connectivity index (χ2v) is 11.4. The molecule has 0 aliphatic carbocycles. The number of hydrogen-bond acceptors (Lipinski definition) is 6. The molecule has 164 valence electrons. The minimum absolute atomic E-state index is 0.118. The van der Waals surface area contributed by atoms with Gasteiger partial charge in [-0.25, -0.2) is 35.7 Å². The summed E-state index contributed by atoms with van der Waals surface area (Å²) in [4.78, 5) is 4.33. The molecular weight excluding hydrogens is 478 g/mol. The number of rotatable bonds is 5. The van der Waals surface area contributed by atoms with E-state index in [9.17, 15) is 25.6 Å². The van der Waals surface area contributed by atoms with E-state index in [-0.39, 0.29) is 19.8 Å². The third kappa shape index (κ3) is 4.32. The largest absolute Gasteiger partial charge is 0.238 e. The van der Waals surface area contributed by atoms with Crippen molar-refractivity contribution in [2.45, 2.75) is 14.1 Å². The molecule has 0 fully saturated rings. The Balaban J connectivity index is 1.91. The molecule has 1 aromatic heterocycles.